The number of ketones is 1. The highest BCUT2D eigenvalue weighted by molar-refractivity contribution is 5.82. The molecule has 2 bridgehead atoms. The molecule has 0 aromatic heterocycles. The van der Waals surface area contributed by atoms with Crippen molar-refractivity contribution >= 4 is 5.78 Å². The van der Waals surface area contributed by atoms with Crippen LogP contribution in [0.15, 0.2) is 0 Å². The van der Waals surface area contributed by atoms with Gasteiger partial charge in [-0.15, -0.1) is 0 Å². The molecule has 3 heteroatoms. The molecule has 3 fully saturated rings. The number of hydrogen-bond donors (Lipinski definition) is 2. The number of rotatable bonds is 1. The fourth-order valence-electron chi connectivity index (χ4n) is 2.49. The van der Waals surface area contributed by atoms with Crippen molar-refractivity contribution in [2.24, 2.45) is 5.92 Å². The van der Waals surface area contributed by atoms with E-state index in [-0.39, 0.29) is 24.0 Å². The van der Waals surface area contributed by atoms with Crippen molar-refractivity contribution in [1.29, 1.82) is 0 Å². The van der Waals surface area contributed by atoms with Crippen LogP contribution >= 0.6 is 0 Å². The van der Waals surface area contributed by atoms with Gasteiger partial charge in [0.05, 0.1) is 12.1 Å². The molecule has 0 aromatic rings. The van der Waals surface area contributed by atoms with E-state index in [4.69, 9.17) is 0 Å². The van der Waals surface area contributed by atoms with Gasteiger partial charge in [0.15, 0.2) is 0 Å². The monoisotopic (exact) mass is 169 g/mol. The van der Waals surface area contributed by atoms with E-state index in [1.54, 1.807) is 6.92 Å². The summed E-state index contributed by atoms with van der Waals surface area (Å²) in [5, 5.41) is 12.7. The Balaban J connectivity index is 2.10. The van der Waals surface area contributed by atoms with Crippen LogP contribution < -0.4 is 5.32 Å². The lowest BCUT2D eigenvalue weighted by atomic mass is 9.73. The zero-order valence-corrected chi connectivity index (χ0v) is 7.29. The van der Waals surface area contributed by atoms with E-state index in [1.807, 2.05) is 0 Å². The summed E-state index contributed by atoms with van der Waals surface area (Å²) in [7, 11) is 0. The first-order valence-electron chi connectivity index (χ1n) is 4.63. The van der Waals surface area contributed by atoms with Crippen LogP contribution in [0.5, 0.6) is 0 Å². The third-order valence-electron chi connectivity index (χ3n) is 3.16. The Morgan fingerprint density at radius 2 is 2.25 bits per heavy atom. The van der Waals surface area contributed by atoms with E-state index >= 15 is 0 Å². The van der Waals surface area contributed by atoms with Crippen LogP contribution in [0.1, 0.15) is 26.2 Å². The number of hydrogen-bond acceptors (Lipinski definition) is 3. The first-order valence-corrected chi connectivity index (χ1v) is 4.63. The Bertz CT molecular complexity index is 205. The molecule has 0 aromatic carbocycles. The van der Waals surface area contributed by atoms with Gasteiger partial charge in [-0.3, -0.25) is 4.79 Å². The van der Waals surface area contributed by atoms with Crippen LogP contribution in [0, 0.1) is 5.92 Å². The number of Topliss-reactive ketones (excluding diaryl/α,β-unsaturated/α-hetero) is 1. The van der Waals surface area contributed by atoms with Crippen molar-refractivity contribution in [3.8, 4) is 0 Å². The van der Waals surface area contributed by atoms with E-state index in [0.717, 1.165) is 19.3 Å². The molecule has 2 N–H and O–H groups in total. The van der Waals surface area contributed by atoms with Crippen LogP contribution in [0.25, 0.3) is 0 Å². The molecular formula is C9H15NO2. The number of aliphatic hydroxyl groups is 1. The van der Waals surface area contributed by atoms with Crippen LogP contribution in [-0.4, -0.2) is 29.1 Å². The van der Waals surface area contributed by atoms with E-state index in [9.17, 15) is 9.90 Å². The molecule has 2 saturated heterocycles. The lowest BCUT2D eigenvalue weighted by molar-refractivity contribution is -0.124. The largest absolute Gasteiger partial charge is 0.391 e. The predicted molar refractivity (Wildman–Crippen MR) is 44.7 cm³/mol. The highest BCUT2D eigenvalue weighted by Gasteiger charge is 2.42. The Morgan fingerprint density at radius 1 is 1.50 bits per heavy atom. The number of fused-ring (bicyclic) bond motifs is 3. The Morgan fingerprint density at radius 3 is 2.67 bits per heavy atom. The van der Waals surface area contributed by atoms with Gasteiger partial charge in [-0.05, 0) is 32.1 Å². The molecule has 0 spiro atoms. The van der Waals surface area contributed by atoms with Crippen molar-refractivity contribution in [2.45, 2.75) is 44.4 Å². The topological polar surface area (TPSA) is 49.3 Å². The van der Waals surface area contributed by atoms with Gasteiger partial charge in [0.25, 0.3) is 0 Å². The minimum Gasteiger partial charge on any atom is -0.391 e. The number of aliphatic hydroxyl groups excluding tert-OH is 1. The fraction of sp³-hybridized carbons (Fsp3) is 0.889. The third-order valence-corrected chi connectivity index (χ3v) is 3.16. The van der Waals surface area contributed by atoms with Gasteiger partial charge in [-0.1, -0.05) is 0 Å². The summed E-state index contributed by atoms with van der Waals surface area (Å²) in [6.45, 7) is 1.63. The number of carbonyl (C=O) groups excluding carboxylic acids is 1. The number of nitrogens with one attached hydrogen (secondary N) is 1. The van der Waals surface area contributed by atoms with E-state index in [1.165, 1.54) is 0 Å². The van der Waals surface area contributed by atoms with Gasteiger partial charge in [0.2, 0.25) is 0 Å². The van der Waals surface area contributed by atoms with Gasteiger partial charge in [0, 0.05) is 6.04 Å². The lowest BCUT2D eigenvalue weighted by Crippen LogP contribution is -2.61. The predicted octanol–water partition coefficient (Wildman–Crippen LogP) is 0.0768. The first-order chi connectivity index (χ1) is 5.68. The average Bonchev–Trinajstić information content (AvgIpc) is 2.04. The molecule has 0 amide bonds. The molecular weight excluding hydrogens is 154 g/mol. The quantitative estimate of drug-likeness (QED) is 0.584. The molecule has 2 heterocycles. The maximum Gasteiger partial charge on any atom is 0.146 e. The Kier molecular flexibility index (Phi) is 1.93. The molecule has 0 unspecified atom stereocenters. The van der Waals surface area contributed by atoms with Crippen molar-refractivity contribution < 1.29 is 9.90 Å². The molecule has 3 rings (SSSR count). The zero-order valence-electron chi connectivity index (χ0n) is 7.29. The van der Waals surface area contributed by atoms with Gasteiger partial charge >= 0.3 is 0 Å². The molecule has 0 radical (unpaired) electrons. The summed E-state index contributed by atoms with van der Waals surface area (Å²) < 4.78 is 0. The molecule has 4 atom stereocenters. The minimum atomic E-state index is -0.223. The molecule has 12 heavy (non-hydrogen) atoms. The van der Waals surface area contributed by atoms with Crippen molar-refractivity contribution in [3.63, 3.8) is 0 Å². The minimum absolute atomic E-state index is 0.0205. The summed E-state index contributed by atoms with van der Waals surface area (Å²) in [4.78, 5) is 11.2. The number of piperidine rings is 2. The fourth-order valence-corrected chi connectivity index (χ4v) is 2.49. The van der Waals surface area contributed by atoms with E-state index in [0.29, 0.717) is 5.92 Å². The van der Waals surface area contributed by atoms with Crippen molar-refractivity contribution in [1.82, 2.24) is 5.32 Å². The van der Waals surface area contributed by atoms with Gasteiger partial charge in [0.1, 0.15) is 5.78 Å². The van der Waals surface area contributed by atoms with E-state index in [2.05, 4.69) is 5.32 Å². The maximum atomic E-state index is 11.2. The van der Waals surface area contributed by atoms with Gasteiger partial charge in [-0.2, -0.15) is 0 Å². The molecule has 1 aliphatic carbocycles. The normalized spacial score (nSPS) is 46.2. The van der Waals surface area contributed by atoms with Crippen LogP contribution in [0.2, 0.25) is 0 Å². The lowest BCUT2D eigenvalue weighted by Gasteiger charge is -2.45. The second-order valence-electron chi connectivity index (χ2n) is 4.00. The highest BCUT2D eigenvalue weighted by Crippen LogP contribution is 2.33. The third kappa shape index (κ3) is 1.17. The van der Waals surface area contributed by atoms with E-state index < -0.39 is 0 Å². The summed E-state index contributed by atoms with van der Waals surface area (Å²) in [6, 6.07) is 0.191. The Hall–Kier alpha value is -0.410. The second-order valence-corrected chi connectivity index (χ2v) is 4.00. The number of carbonyl (C=O) groups is 1. The molecule has 3 aliphatic rings. The van der Waals surface area contributed by atoms with Crippen molar-refractivity contribution in [3.05, 3.63) is 0 Å². The van der Waals surface area contributed by atoms with Crippen LogP contribution in [0.3, 0.4) is 0 Å². The van der Waals surface area contributed by atoms with Gasteiger partial charge < -0.3 is 10.4 Å². The summed E-state index contributed by atoms with van der Waals surface area (Å²) in [6.07, 6.45) is 2.70. The average molecular weight is 169 g/mol. The standard InChI is InChI=1S/C9H15NO2/c1-5(11)9-6-2-3-7(10-9)8(12)4-6/h6-10,12H,2-4H2,1H3/t6-,7+,8+,9-/m1/s1. The smallest absolute Gasteiger partial charge is 0.146 e. The molecule has 1 saturated carbocycles. The highest BCUT2D eigenvalue weighted by atomic mass is 16.3. The van der Waals surface area contributed by atoms with Crippen molar-refractivity contribution in [2.75, 3.05) is 0 Å². The van der Waals surface area contributed by atoms with Crippen LogP contribution in [0.4, 0.5) is 0 Å². The second kappa shape index (κ2) is 2.82. The first kappa shape index (κ1) is 8.20. The zero-order chi connectivity index (χ0) is 8.72. The summed E-state index contributed by atoms with van der Waals surface area (Å²) in [5.74, 6) is 0.596. The maximum absolute atomic E-state index is 11.2. The summed E-state index contributed by atoms with van der Waals surface area (Å²) >= 11 is 0. The molecule has 3 nitrogen and oxygen atoms in total. The van der Waals surface area contributed by atoms with Gasteiger partial charge in [-0.25, -0.2) is 0 Å². The Labute approximate surface area is 72.2 Å². The van der Waals surface area contributed by atoms with Crippen LogP contribution in [-0.2, 0) is 4.79 Å². The summed E-state index contributed by atoms with van der Waals surface area (Å²) in [5.41, 5.74) is 0. The SMILES string of the molecule is CC(=O)[C@H]1N[C@H]2CC[C@@H]1C[C@@H]2O. The molecule has 68 valence electrons. The molecule has 2 aliphatic heterocycles.